The van der Waals surface area contributed by atoms with Gasteiger partial charge in [0.1, 0.15) is 11.6 Å². The Labute approximate surface area is 222 Å². The van der Waals surface area contributed by atoms with Crippen LogP contribution in [-0.2, 0) is 14.3 Å². The van der Waals surface area contributed by atoms with Crippen LogP contribution in [-0.4, -0.2) is 30.7 Å². The van der Waals surface area contributed by atoms with Gasteiger partial charge in [-0.2, -0.15) is 0 Å². The number of ether oxygens (including phenoxy) is 3. The zero-order chi connectivity index (χ0) is 27.2. The molecule has 37 heavy (non-hydrogen) atoms. The van der Waals surface area contributed by atoms with Crippen molar-refractivity contribution in [1.82, 2.24) is 0 Å². The van der Waals surface area contributed by atoms with Crippen LogP contribution in [0.3, 0.4) is 0 Å². The number of rotatable bonds is 8. The van der Waals surface area contributed by atoms with E-state index in [1.54, 1.807) is 18.2 Å². The van der Waals surface area contributed by atoms with Crippen LogP contribution in [0.4, 0.5) is 0 Å². The molecular formula is C31H45NO5. The zero-order valence-electron chi connectivity index (χ0n) is 23.6. The Morgan fingerprint density at radius 2 is 1.84 bits per heavy atom. The Balaban J connectivity index is 1.45. The van der Waals surface area contributed by atoms with Gasteiger partial charge in [0.25, 0.3) is 0 Å². The smallest absolute Gasteiger partial charge is 0.331 e. The standard InChI is InChI=1S/C31H45NO5/c1-19(2)16-22(32)28(34)36-24-17-21(9-11-23(24)35-7)10-13-27(33)37-30(6)14-15-31-18-26(30)29(4,5)25(31)12-8-20(31)3/h9-11,13,17,19-20,22,25-26H,8,12,14-16,18,32H2,1-7H3/b13-10+/t20-,22+,25+,26-,30-,31+/m1/s1. The van der Waals surface area contributed by atoms with E-state index in [-0.39, 0.29) is 23.1 Å². The Kier molecular flexibility index (Phi) is 7.55. The van der Waals surface area contributed by atoms with Crippen LogP contribution in [0.15, 0.2) is 24.3 Å². The Hall–Kier alpha value is -2.34. The van der Waals surface area contributed by atoms with Crippen LogP contribution < -0.4 is 15.2 Å². The fourth-order valence-corrected chi connectivity index (χ4v) is 8.07. The van der Waals surface area contributed by atoms with E-state index in [4.69, 9.17) is 19.9 Å². The number of hydrogen-bond acceptors (Lipinski definition) is 6. The summed E-state index contributed by atoms with van der Waals surface area (Å²) in [6, 6.07) is 4.49. The van der Waals surface area contributed by atoms with Crippen molar-refractivity contribution in [1.29, 1.82) is 0 Å². The first kappa shape index (κ1) is 27.7. The van der Waals surface area contributed by atoms with Crippen molar-refractivity contribution in [3.8, 4) is 11.5 Å². The minimum atomic E-state index is -0.711. The van der Waals surface area contributed by atoms with Gasteiger partial charge in [0.05, 0.1) is 7.11 Å². The molecule has 6 heteroatoms. The van der Waals surface area contributed by atoms with Crippen LogP contribution >= 0.6 is 0 Å². The largest absolute Gasteiger partial charge is 0.493 e. The van der Waals surface area contributed by atoms with Gasteiger partial charge >= 0.3 is 11.9 Å². The molecule has 4 rings (SSSR count). The highest BCUT2D eigenvalue weighted by Gasteiger charge is 2.68. The van der Waals surface area contributed by atoms with Crippen LogP contribution in [0, 0.1) is 34.5 Å². The monoisotopic (exact) mass is 511 g/mol. The topological polar surface area (TPSA) is 87.9 Å². The Morgan fingerprint density at radius 1 is 1.11 bits per heavy atom. The lowest BCUT2D eigenvalue weighted by Gasteiger charge is -2.46. The Morgan fingerprint density at radius 3 is 2.51 bits per heavy atom. The van der Waals surface area contributed by atoms with E-state index in [1.807, 2.05) is 19.9 Å². The first-order valence-electron chi connectivity index (χ1n) is 13.9. The van der Waals surface area contributed by atoms with E-state index in [9.17, 15) is 9.59 Å². The number of hydrogen-bond donors (Lipinski definition) is 1. The molecule has 1 spiro atoms. The number of methoxy groups -OCH3 is 1. The second-order valence-corrected chi connectivity index (χ2v) is 13.0. The number of benzene rings is 1. The van der Waals surface area contributed by atoms with Crippen molar-refractivity contribution in [3.05, 3.63) is 29.8 Å². The average molecular weight is 512 g/mol. The highest BCUT2D eigenvalue weighted by atomic mass is 16.6. The lowest BCUT2D eigenvalue weighted by Crippen LogP contribution is -2.47. The van der Waals surface area contributed by atoms with Gasteiger partial charge in [0.15, 0.2) is 11.5 Å². The van der Waals surface area contributed by atoms with Gasteiger partial charge in [-0.25, -0.2) is 9.59 Å². The van der Waals surface area contributed by atoms with Crippen molar-refractivity contribution >= 4 is 18.0 Å². The average Bonchev–Trinajstić information content (AvgIpc) is 3.25. The quantitative estimate of drug-likeness (QED) is 0.255. The van der Waals surface area contributed by atoms with Gasteiger partial charge in [0, 0.05) is 12.0 Å². The van der Waals surface area contributed by atoms with Gasteiger partial charge < -0.3 is 19.9 Å². The van der Waals surface area contributed by atoms with Crippen LogP contribution in [0.5, 0.6) is 11.5 Å². The zero-order valence-corrected chi connectivity index (χ0v) is 23.6. The molecule has 0 radical (unpaired) electrons. The summed E-state index contributed by atoms with van der Waals surface area (Å²) >= 11 is 0. The second kappa shape index (κ2) is 10.1. The van der Waals surface area contributed by atoms with Crippen molar-refractivity contribution in [2.75, 3.05) is 7.11 Å². The van der Waals surface area contributed by atoms with Crippen LogP contribution in [0.2, 0.25) is 0 Å². The SMILES string of the molecule is COc1ccc(/C=C/C(=O)O[C@]2(C)CC[C@@]34C[C@@H]2C(C)(C)[C@@H]3CC[C@H]4C)cc1OC(=O)[C@@H](N)CC(C)C. The van der Waals surface area contributed by atoms with E-state index in [2.05, 4.69) is 27.7 Å². The Bertz CT molecular complexity index is 1060. The lowest BCUT2D eigenvalue weighted by atomic mass is 9.64. The number of carbonyl (C=O) groups is 2. The summed E-state index contributed by atoms with van der Waals surface area (Å²) in [6.45, 7) is 13.3. The molecule has 6 nitrogen and oxygen atoms in total. The molecule has 1 aromatic carbocycles. The maximum atomic E-state index is 13.0. The first-order chi connectivity index (χ1) is 17.3. The fraction of sp³-hybridized carbons (Fsp3) is 0.677. The summed E-state index contributed by atoms with van der Waals surface area (Å²) in [6.07, 6.45) is 9.52. The van der Waals surface area contributed by atoms with Gasteiger partial charge in [-0.15, -0.1) is 0 Å². The van der Waals surface area contributed by atoms with Crippen molar-refractivity contribution in [2.45, 2.75) is 91.7 Å². The van der Waals surface area contributed by atoms with E-state index in [0.29, 0.717) is 35.0 Å². The molecule has 204 valence electrons. The molecule has 6 atom stereocenters. The van der Waals surface area contributed by atoms with Crippen LogP contribution in [0.1, 0.15) is 85.6 Å². The van der Waals surface area contributed by atoms with Crippen molar-refractivity contribution in [2.24, 2.45) is 40.2 Å². The molecule has 3 fully saturated rings. The molecule has 0 aliphatic heterocycles. The third-order valence-corrected chi connectivity index (χ3v) is 9.94. The molecule has 0 aromatic heterocycles. The third-order valence-electron chi connectivity index (χ3n) is 9.94. The normalized spacial score (nSPS) is 32.8. The number of nitrogens with two attached hydrogens (primary N) is 1. The van der Waals surface area contributed by atoms with Crippen molar-refractivity contribution < 1.29 is 23.8 Å². The van der Waals surface area contributed by atoms with E-state index < -0.39 is 17.6 Å². The molecule has 1 aromatic rings. The molecule has 0 amide bonds. The lowest BCUT2D eigenvalue weighted by molar-refractivity contribution is -0.167. The molecule has 3 aliphatic rings. The van der Waals surface area contributed by atoms with E-state index >= 15 is 0 Å². The number of carbonyl (C=O) groups excluding carboxylic acids is 2. The second-order valence-electron chi connectivity index (χ2n) is 13.0. The molecule has 0 heterocycles. The first-order valence-corrected chi connectivity index (χ1v) is 13.9. The molecular weight excluding hydrogens is 466 g/mol. The van der Waals surface area contributed by atoms with E-state index in [0.717, 1.165) is 25.2 Å². The molecule has 2 N–H and O–H groups in total. The van der Waals surface area contributed by atoms with Gasteiger partial charge in [-0.3, -0.25) is 0 Å². The minimum Gasteiger partial charge on any atom is -0.493 e. The summed E-state index contributed by atoms with van der Waals surface area (Å²) in [5.74, 6) is 1.96. The number of esters is 2. The van der Waals surface area contributed by atoms with Gasteiger partial charge in [-0.05, 0) is 97.8 Å². The minimum absolute atomic E-state index is 0.158. The molecule has 2 bridgehead atoms. The summed E-state index contributed by atoms with van der Waals surface area (Å²) in [5.41, 5.74) is 6.80. The van der Waals surface area contributed by atoms with Gasteiger partial charge in [0.2, 0.25) is 0 Å². The summed E-state index contributed by atoms with van der Waals surface area (Å²) < 4.78 is 17.1. The summed E-state index contributed by atoms with van der Waals surface area (Å²) in [7, 11) is 1.52. The third kappa shape index (κ3) is 5.06. The molecule has 3 aliphatic carbocycles. The molecule has 3 saturated carbocycles. The van der Waals surface area contributed by atoms with E-state index in [1.165, 1.54) is 26.0 Å². The predicted molar refractivity (Wildman–Crippen MR) is 145 cm³/mol. The summed E-state index contributed by atoms with van der Waals surface area (Å²) in [5, 5.41) is 0. The van der Waals surface area contributed by atoms with Crippen molar-refractivity contribution in [3.63, 3.8) is 0 Å². The molecule has 0 unspecified atom stereocenters. The van der Waals surface area contributed by atoms with Gasteiger partial charge in [-0.1, -0.05) is 40.7 Å². The fourth-order valence-electron chi connectivity index (χ4n) is 8.07. The highest BCUT2D eigenvalue weighted by Crippen LogP contribution is 2.73. The predicted octanol–water partition coefficient (Wildman–Crippen LogP) is 6.16. The van der Waals surface area contributed by atoms with Crippen LogP contribution in [0.25, 0.3) is 6.08 Å². The summed E-state index contributed by atoms with van der Waals surface area (Å²) in [4.78, 5) is 25.5. The number of fused-ring (bicyclic) bond motifs is 1. The maximum absolute atomic E-state index is 13.0. The molecule has 0 saturated heterocycles. The highest BCUT2D eigenvalue weighted by molar-refractivity contribution is 5.87. The maximum Gasteiger partial charge on any atom is 0.331 e.